The highest BCUT2D eigenvalue weighted by molar-refractivity contribution is 6.01. The summed E-state index contributed by atoms with van der Waals surface area (Å²) < 4.78 is 33.8. The van der Waals surface area contributed by atoms with Gasteiger partial charge in [0, 0.05) is 50.3 Å². The van der Waals surface area contributed by atoms with Crippen molar-refractivity contribution in [2.45, 2.75) is 13.0 Å². The molecule has 2 heterocycles. The van der Waals surface area contributed by atoms with Crippen LogP contribution in [0.2, 0.25) is 0 Å². The third-order valence-electron chi connectivity index (χ3n) is 6.30. The summed E-state index contributed by atoms with van der Waals surface area (Å²) in [6.45, 7) is 5.21. The normalized spacial score (nSPS) is 10.9. The molecule has 2 aromatic carbocycles. The van der Waals surface area contributed by atoms with E-state index in [0.717, 1.165) is 11.8 Å². The van der Waals surface area contributed by atoms with E-state index in [2.05, 4.69) is 27.2 Å². The lowest BCUT2D eigenvalue weighted by molar-refractivity contribution is -0.125. The summed E-state index contributed by atoms with van der Waals surface area (Å²) in [5.41, 5.74) is 2.06. The Morgan fingerprint density at radius 3 is 2.50 bits per heavy atom. The molecule has 4 amide bonds. The molecule has 0 fully saturated rings. The molecule has 0 spiro atoms. The topological polar surface area (TPSA) is 120 Å². The van der Waals surface area contributed by atoms with Crippen LogP contribution in [0.15, 0.2) is 73.4 Å². The Kier molecular flexibility index (Phi) is 9.61. The summed E-state index contributed by atoms with van der Waals surface area (Å²) in [7, 11) is 3.64. The number of likely N-dealkylation sites (N-methyl/N-ethyl adjacent to an activating group) is 2. The van der Waals surface area contributed by atoms with Gasteiger partial charge in [-0.15, -0.1) is 0 Å². The number of carbonyl (C=O) groups excluding carboxylic acids is 3. The maximum Gasteiger partial charge on any atom is 0.325 e. The fraction of sp³-hybridized carbons (Fsp3) is 0.200. The van der Waals surface area contributed by atoms with Gasteiger partial charge >= 0.3 is 6.03 Å². The Morgan fingerprint density at radius 2 is 1.79 bits per heavy atom. The molecule has 12 heteroatoms. The van der Waals surface area contributed by atoms with Gasteiger partial charge in [0.25, 0.3) is 0 Å². The van der Waals surface area contributed by atoms with Crippen LogP contribution in [0.4, 0.5) is 19.3 Å². The summed E-state index contributed by atoms with van der Waals surface area (Å²) in [4.78, 5) is 47.2. The molecular formula is C30H30F2N6O4. The third-order valence-corrected chi connectivity index (χ3v) is 6.30. The number of carbonyl (C=O) groups is 3. The lowest BCUT2D eigenvalue weighted by Crippen LogP contribution is -2.35. The number of rotatable bonds is 11. The smallest absolute Gasteiger partial charge is 0.325 e. The first-order valence-electron chi connectivity index (χ1n) is 13.0. The molecule has 0 saturated heterocycles. The molecular weight excluding hydrogens is 546 g/mol. The minimum atomic E-state index is -0.838. The van der Waals surface area contributed by atoms with E-state index in [1.54, 1.807) is 24.2 Å². The van der Waals surface area contributed by atoms with Crippen molar-refractivity contribution >= 4 is 34.6 Å². The van der Waals surface area contributed by atoms with Gasteiger partial charge in [-0.1, -0.05) is 18.7 Å². The Hall–Kier alpha value is -5.10. The number of aromatic amines is 1. The highest BCUT2D eigenvalue weighted by Gasteiger charge is 2.15. The number of pyridine rings is 1. The average Bonchev–Trinajstić information content (AvgIpc) is 3.37. The molecule has 2 aromatic heterocycles. The van der Waals surface area contributed by atoms with E-state index >= 15 is 0 Å². The number of fused-ring (bicyclic) bond motifs is 1. The van der Waals surface area contributed by atoms with Crippen molar-refractivity contribution in [3.63, 3.8) is 0 Å². The molecule has 218 valence electrons. The fourth-order valence-corrected chi connectivity index (χ4v) is 4.09. The number of amides is 4. The van der Waals surface area contributed by atoms with Crippen molar-refractivity contribution in [1.29, 1.82) is 0 Å². The van der Waals surface area contributed by atoms with E-state index in [0.29, 0.717) is 42.0 Å². The first kappa shape index (κ1) is 29.9. The SMILES string of the molecule is C=CC(=O)N(C)CCN(C)Cc1cc2c(Oc3ccc(NC(=O)NC(=O)Cc4ccc(F)cc4)cc3F)ccnc2[nH]1. The minimum Gasteiger partial charge on any atom is -0.453 e. The number of H-pyrrole nitrogens is 1. The van der Waals surface area contributed by atoms with E-state index in [9.17, 15) is 23.2 Å². The molecule has 0 bridgehead atoms. The van der Waals surface area contributed by atoms with E-state index in [1.807, 2.05) is 18.0 Å². The second-order valence-electron chi connectivity index (χ2n) is 9.62. The zero-order valence-electron chi connectivity index (χ0n) is 23.1. The number of imide groups is 1. The second-order valence-corrected chi connectivity index (χ2v) is 9.62. The molecule has 0 aliphatic carbocycles. The Bertz CT molecular complexity index is 1610. The highest BCUT2D eigenvalue weighted by atomic mass is 19.1. The fourth-order valence-electron chi connectivity index (χ4n) is 4.09. The molecule has 0 aliphatic rings. The van der Waals surface area contributed by atoms with Gasteiger partial charge in [-0.2, -0.15) is 0 Å². The van der Waals surface area contributed by atoms with Crippen LogP contribution < -0.4 is 15.4 Å². The van der Waals surface area contributed by atoms with E-state index in [4.69, 9.17) is 4.74 Å². The van der Waals surface area contributed by atoms with Crippen LogP contribution in [0.3, 0.4) is 0 Å². The van der Waals surface area contributed by atoms with Crippen LogP contribution in [0.5, 0.6) is 11.5 Å². The summed E-state index contributed by atoms with van der Waals surface area (Å²) in [6, 6.07) is 11.8. The zero-order valence-corrected chi connectivity index (χ0v) is 23.1. The zero-order chi connectivity index (χ0) is 30.2. The van der Waals surface area contributed by atoms with Crippen LogP contribution in [-0.2, 0) is 22.6 Å². The minimum absolute atomic E-state index is 0.0735. The number of nitrogens with one attached hydrogen (secondary N) is 3. The number of hydrogen-bond acceptors (Lipinski definition) is 6. The van der Waals surface area contributed by atoms with Crippen molar-refractivity contribution in [3.05, 3.63) is 96.3 Å². The van der Waals surface area contributed by atoms with Gasteiger partial charge < -0.3 is 19.9 Å². The molecule has 0 saturated carbocycles. The molecule has 0 atom stereocenters. The molecule has 3 N–H and O–H groups in total. The van der Waals surface area contributed by atoms with Crippen LogP contribution in [-0.4, -0.2) is 64.8 Å². The lowest BCUT2D eigenvalue weighted by atomic mass is 10.1. The number of nitrogens with zero attached hydrogens (tertiary/aromatic N) is 3. The maximum atomic E-state index is 14.9. The Labute approximate surface area is 241 Å². The predicted octanol–water partition coefficient (Wildman–Crippen LogP) is 4.60. The van der Waals surface area contributed by atoms with Crippen molar-refractivity contribution in [3.8, 4) is 11.5 Å². The number of ether oxygens (including phenoxy) is 1. The number of hydrogen-bond donors (Lipinski definition) is 3. The summed E-state index contributed by atoms with van der Waals surface area (Å²) in [5, 5.41) is 5.21. The van der Waals surface area contributed by atoms with Crippen molar-refractivity contribution in [1.82, 2.24) is 25.1 Å². The Morgan fingerprint density at radius 1 is 1.02 bits per heavy atom. The van der Waals surface area contributed by atoms with Crippen LogP contribution in [0.25, 0.3) is 11.0 Å². The van der Waals surface area contributed by atoms with Gasteiger partial charge in [0.1, 0.15) is 17.2 Å². The van der Waals surface area contributed by atoms with Gasteiger partial charge in [-0.25, -0.2) is 18.6 Å². The van der Waals surface area contributed by atoms with Crippen LogP contribution >= 0.6 is 0 Å². The number of aromatic nitrogens is 2. The number of urea groups is 1. The monoisotopic (exact) mass is 576 g/mol. The van der Waals surface area contributed by atoms with Gasteiger partial charge in [-0.05, 0) is 55.1 Å². The van der Waals surface area contributed by atoms with Gasteiger partial charge in [0.15, 0.2) is 11.6 Å². The summed E-state index contributed by atoms with van der Waals surface area (Å²) >= 11 is 0. The van der Waals surface area contributed by atoms with Gasteiger partial charge in [0.05, 0.1) is 11.8 Å². The van der Waals surface area contributed by atoms with Crippen molar-refractivity contribution < 1.29 is 27.9 Å². The summed E-state index contributed by atoms with van der Waals surface area (Å²) in [5.74, 6) is -1.61. The molecule has 4 aromatic rings. The standard InChI is InChI=1S/C30H30F2N6O4/c1-4-28(40)38(3)14-13-37(2)18-22-16-23-25(11-12-33-29(23)34-22)42-26-10-9-21(17-24(26)32)35-30(41)36-27(39)15-19-5-7-20(31)8-6-19/h4-12,16-17H,1,13-15,18H2,2-3H3,(H,33,34)(H2,35,36,39,41). The second kappa shape index (κ2) is 13.5. The predicted molar refractivity (Wildman–Crippen MR) is 154 cm³/mol. The number of halogens is 2. The Balaban J connectivity index is 1.35. The van der Waals surface area contributed by atoms with Crippen LogP contribution in [0.1, 0.15) is 11.3 Å². The summed E-state index contributed by atoms with van der Waals surface area (Å²) in [6.07, 6.45) is 2.69. The largest absolute Gasteiger partial charge is 0.453 e. The van der Waals surface area contributed by atoms with E-state index in [-0.39, 0.29) is 23.8 Å². The van der Waals surface area contributed by atoms with E-state index in [1.165, 1.54) is 42.5 Å². The first-order valence-corrected chi connectivity index (χ1v) is 13.0. The molecule has 0 aliphatic heterocycles. The molecule has 10 nitrogen and oxygen atoms in total. The van der Waals surface area contributed by atoms with Crippen molar-refractivity contribution in [2.24, 2.45) is 0 Å². The maximum absolute atomic E-state index is 14.9. The number of benzene rings is 2. The first-order chi connectivity index (χ1) is 20.1. The third kappa shape index (κ3) is 7.98. The highest BCUT2D eigenvalue weighted by Crippen LogP contribution is 2.32. The van der Waals surface area contributed by atoms with Crippen molar-refractivity contribution in [2.75, 3.05) is 32.5 Å². The molecule has 4 rings (SSSR count). The van der Waals surface area contributed by atoms with Gasteiger partial charge in [0.2, 0.25) is 11.8 Å². The quantitative estimate of drug-likeness (QED) is 0.225. The number of anilines is 1. The molecule has 42 heavy (non-hydrogen) atoms. The van der Waals surface area contributed by atoms with E-state index < -0.39 is 23.6 Å². The van der Waals surface area contributed by atoms with Crippen LogP contribution in [0, 0.1) is 11.6 Å². The van der Waals surface area contributed by atoms with Gasteiger partial charge in [-0.3, -0.25) is 19.8 Å². The lowest BCUT2D eigenvalue weighted by Gasteiger charge is -2.20. The molecule has 0 radical (unpaired) electrons. The average molecular weight is 577 g/mol. The molecule has 0 unspecified atom stereocenters.